The normalized spacial score (nSPS) is 9.06. The summed E-state index contributed by atoms with van der Waals surface area (Å²) in [5, 5.41) is 5.05. The Morgan fingerprint density at radius 3 is 2.38 bits per heavy atom. The van der Waals surface area contributed by atoms with Gasteiger partial charge in [0, 0.05) is 19.5 Å². The van der Waals surface area contributed by atoms with E-state index in [9.17, 15) is 14.4 Å². The van der Waals surface area contributed by atoms with Gasteiger partial charge in [-0.15, -0.1) is 0 Å². The van der Waals surface area contributed by atoms with Crippen LogP contribution in [0, 0.1) is 0 Å². The van der Waals surface area contributed by atoms with Gasteiger partial charge in [0.2, 0.25) is 11.8 Å². The highest BCUT2D eigenvalue weighted by Gasteiger charge is 2.05. The third-order valence-electron chi connectivity index (χ3n) is 1.72. The van der Waals surface area contributed by atoms with E-state index in [0.29, 0.717) is 13.1 Å². The summed E-state index contributed by atoms with van der Waals surface area (Å²) in [6.07, 6.45) is 1.29. The minimum absolute atomic E-state index is 0.0569. The van der Waals surface area contributed by atoms with E-state index < -0.39 is 5.97 Å². The zero-order chi connectivity index (χ0) is 12.4. The average Bonchev–Trinajstić information content (AvgIpc) is 2.31. The number of hydrogen-bond acceptors (Lipinski definition) is 4. The highest BCUT2D eigenvalue weighted by molar-refractivity contribution is 5.86. The second-order valence-electron chi connectivity index (χ2n) is 2.92. The summed E-state index contributed by atoms with van der Waals surface area (Å²) >= 11 is 0. The van der Waals surface area contributed by atoms with Crippen molar-refractivity contribution in [2.45, 2.75) is 12.8 Å². The Morgan fingerprint density at radius 1 is 1.19 bits per heavy atom. The van der Waals surface area contributed by atoms with Gasteiger partial charge in [0.05, 0.1) is 13.5 Å². The smallest absolute Gasteiger partial charge is 0.306 e. The van der Waals surface area contributed by atoms with E-state index in [4.69, 9.17) is 0 Å². The van der Waals surface area contributed by atoms with Crippen molar-refractivity contribution in [1.29, 1.82) is 0 Å². The molecule has 90 valence electrons. The van der Waals surface area contributed by atoms with E-state index in [2.05, 4.69) is 21.9 Å². The second kappa shape index (κ2) is 8.46. The summed E-state index contributed by atoms with van der Waals surface area (Å²) < 4.78 is 4.39. The van der Waals surface area contributed by atoms with Gasteiger partial charge in [0.1, 0.15) is 0 Å². The number of hydrogen-bond donors (Lipinski definition) is 2. The van der Waals surface area contributed by atoms with Crippen molar-refractivity contribution in [2.75, 3.05) is 20.2 Å². The van der Waals surface area contributed by atoms with E-state index in [0.717, 1.165) is 6.08 Å². The van der Waals surface area contributed by atoms with Crippen LogP contribution < -0.4 is 10.6 Å². The fourth-order valence-electron chi connectivity index (χ4n) is 0.866. The maximum Gasteiger partial charge on any atom is 0.306 e. The molecule has 0 spiro atoms. The molecule has 0 aliphatic heterocycles. The topological polar surface area (TPSA) is 84.5 Å². The SMILES string of the molecule is C=CC(=O)NCCNC(=O)CCC(=O)OC. The van der Waals surface area contributed by atoms with Crippen LogP contribution in [0.3, 0.4) is 0 Å². The van der Waals surface area contributed by atoms with Gasteiger partial charge in [0.15, 0.2) is 0 Å². The van der Waals surface area contributed by atoms with Crippen LogP contribution in [0.4, 0.5) is 0 Å². The number of ether oxygens (including phenoxy) is 1. The van der Waals surface area contributed by atoms with Crippen molar-refractivity contribution in [3.05, 3.63) is 12.7 Å². The lowest BCUT2D eigenvalue weighted by atomic mass is 10.3. The first-order valence-corrected chi connectivity index (χ1v) is 4.84. The van der Waals surface area contributed by atoms with Gasteiger partial charge in [-0.3, -0.25) is 14.4 Å². The monoisotopic (exact) mass is 228 g/mol. The van der Waals surface area contributed by atoms with Crippen LogP contribution in [0.2, 0.25) is 0 Å². The van der Waals surface area contributed by atoms with Gasteiger partial charge in [-0.05, 0) is 6.08 Å². The van der Waals surface area contributed by atoms with Crippen molar-refractivity contribution in [3.8, 4) is 0 Å². The fourth-order valence-corrected chi connectivity index (χ4v) is 0.866. The molecule has 0 atom stereocenters. The van der Waals surface area contributed by atoms with E-state index in [-0.39, 0.29) is 24.7 Å². The van der Waals surface area contributed by atoms with Crippen LogP contribution in [0.5, 0.6) is 0 Å². The third-order valence-corrected chi connectivity index (χ3v) is 1.72. The Labute approximate surface area is 94.0 Å². The predicted molar refractivity (Wildman–Crippen MR) is 57.5 cm³/mol. The number of carbonyl (C=O) groups excluding carboxylic acids is 3. The standard InChI is InChI=1S/C10H16N2O4/c1-3-8(13)11-6-7-12-9(14)4-5-10(15)16-2/h3H,1,4-7H2,2H3,(H,11,13)(H,12,14). The molecule has 6 nitrogen and oxygen atoms in total. The van der Waals surface area contributed by atoms with Crippen molar-refractivity contribution >= 4 is 17.8 Å². The fraction of sp³-hybridized carbons (Fsp3) is 0.500. The number of nitrogens with one attached hydrogen (secondary N) is 2. The molecule has 0 fully saturated rings. The maximum atomic E-state index is 11.1. The summed E-state index contributed by atoms with van der Waals surface area (Å²) in [6, 6.07) is 0. The molecule has 0 rings (SSSR count). The van der Waals surface area contributed by atoms with Crippen molar-refractivity contribution in [1.82, 2.24) is 10.6 Å². The summed E-state index contributed by atoms with van der Waals surface area (Å²) in [6.45, 7) is 3.93. The van der Waals surface area contributed by atoms with Gasteiger partial charge in [-0.25, -0.2) is 0 Å². The molecular weight excluding hydrogens is 212 g/mol. The lowest BCUT2D eigenvalue weighted by molar-refractivity contribution is -0.142. The van der Waals surface area contributed by atoms with Crippen molar-refractivity contribution < 1.29 is 19.1 Å². The molecule has 0 bridgehead atoms. The lowest BCUT2D eigenvalue weighted by Crippen LogP contribution is -2.34. The minimum atomic E-state index is -0.421. The first-order valence-electron chi connectivity index (χ1n) is 4.84. The van der Waals surface area contributed by atoms with Gasteiger partial charge in [0.25, 0.3) is 0 Å². The van der Waals surface area contributed by atoms with Crippen LogP contribution in [0.15, 0.2) is 12.7 Å². The van der Waals surface area contributed by atoms with Crippen molar-refractivity contribution in [2.24, 2.45) is 0 Å². The largest absolute Gasteiger partial charge is 0.469 e. The quantitative estimate of drug-likeness (QED) is 0.345. The summed E-state index contributed by atoms with van der Waals surface area (Å²) in [4.78, 5) is 32.5. The molecule has 16 heavy (non-hydrogen) atoms. The Hall–Kier alpha value is -1.85. The number of amides is 2. The van der Waals surface area contributed by atoms with Gasteiger partial charge in [-0.1, -0.05) is 6.58 Å². The highest BCUT2D eigenvalue weighted by Crippen LogP contribution is 1.90. The summed E-state index contributed by atoms with van der Waals surface area (Å²) in [5.74, 6) is -0.961. The Kier molecular flexibility index (Phi) is 7.48. The van der Waals surface area contributed by atoms with Crippen LogP contribution in [0.1, 0.15) is 12.8 Å². The molecule has 6 heteroatoms. The number of esters is 1. The Bertz CT molecular complexity index is 276. The lowest BCUT2D eigenvalue weighted by Gasteiger charge is -2.05. The number of rotatable bonds is 7. The van der Waals surface area contributed by atoms with Crippen LogP contribution in [0.25, 0.3) is 0 Å². The summed E-state index contributed by atoms with van der Waals surface area (Å²) in [5.41, 5.74) is 0. The molecule has 2 N–H and O–H groups in total. The van der Waals surface area contributed by atoms with Crippen molar-refractivity contribution in [3.63, 3.8) is 0 Å². The van der Waals surface area contributed by atoms with E-state index in [1.165, 1.54) is 7.11 Å². The zero-order valence-corrected chi connectivity index (χ0v) is 9.25. The third kappa shape index (κ3) is 7.54. The van der Waals surface area contributed by atoms with Crippen LogP contribution in [-0.2, 0) is 19.1 Å². The second-order valence-corrected chi connectivity index (χ2v) is 2.92. The molecule has 0 aliphatic rings. The molecule has 0 aliphatic carbocycles. The molecular formula is C10H16N2O4. The van der Waals surface area contributed by atoms with E-state index in [1.54, 1.807) is 0 Å². The molecule has 0 aromatic rings. The number of methoxy groups -OCH3 is 1. The molecule has 0 saturated carbocycles. The first-order chi connectivity index (χ1) is 7.60. The zero-order valence-electron chi connectivity index (χ0n) is 9.25. The highest BCUT2D eigenvalue weighted by atomic mass is 16.5. The van der Waals surface area contributed by atoms with Gasteiger partial charge >= 0.3 is 5.97 Å². The van der Waals surface area contributed by atoms with E-state index in [1.807, 2.05) is 0 Å². The van der Waals surface area contributed by atoms with Gasteiger partial charge < -0.3 is 15.4 Å². The molecule has 0 aromatic heterocycles. The van der Waals surface area contributed by atoms with E-state index >= 15 is 0 Å². The maximum absolute atomic E-state index is 11.1. The number of carbonyl (C=O) groups is 3. The minimum Gasteiger partial charge on any atom is -0.469 e. The predicted octanol–water partition coefficient (Wildman–Crippen LogP) is -0.642. The van der Waals surface area contributed by atoms with Crippen LogP contribution in [-0.4, -0.2) is 38.0 Å². The molecule has 2 amide bonds. The first kappa shape index (κ1) is 14.2. The average molecular weight is 228 g/mol. The molecule has 0 heterocycles. The molecule has 0 aromatic carbocycles. The molecule has 0 radical (unpaired) electrons. The Morgan fingerprint density at radius 2 is 1.81 bits per heavy atom. The molecule has 0 saturated heterocycles. The summed E-state index contributed by atoms with van der Waals surface area (Å²) in [7, 11) is 1.27. The Balaban J connectivity index is 3.47. The van der Waals surface area contributed by atoms with Crippen LogP contribution >= 0.6 is 0 Å². The van der Waals surface area contributed by atoms with Gasteiger partial charge in [-0.2, -0.15) is 0 Å². The molecule has 0 unspecified atom stereocenters.